The highest BCUT2D eigenvalue weighted by atomic mass is 31.1. The Morgan fingerprint density at radius 2 is 1.32 bits per heavy atom. The van der Waals surface area contributed by atoms with Crippen molar-refractivity contribution in [1.82, 2.24) is 14.3 Å². The maximum absolute atomic E-state index is 10.5. The van der Waals surface area contributed by atoms with Gasteiger partial charge in [0, 0.05) is 28.1 Å². The second-order valence-corrected chi connectivity index (χ2v) is 14.1. The van der Waals surface area contributed by atoms with Gasteiger partial charge in [-0.25, -0.2) is 9.97 Å². The molecule has 0 spiro atoms. The third kappa shape index (κ3) is 5.36. The number of para-hydroxylation sites is 1. The third-order valence-corrected chi connectivity index (χ3v) is 8.65. The molecule has 1 N–H and O–H groups in total. The summed E-state index contributed by atoms with van der Waals surface area (Å²) in [7, 11) is -1.08. The minimum atomic E-state index is -0.676. The molecule has 6 aromatic rings. The predicted octanol–water partition coefficient (Wildman–Crippen LogP) is 9.34. The fourth-order valence-electron chi connectivity index (χ4n) is 5.10. The van der Waals surface area contributed by atoms with E-state index < -0.39 is 16.2 Å². The van der Waals surface area contributed by atoms with Crippen molar-refractivity contribution < 1.29 is 9.63 Å². The van der Waals surface area contributed by atoms with Crippen molar-refractivity contribution in [2.75, 3.05) is 26.7 Å². The van der Waals surface area contributed by atoms with Crippen LogP contribution in [0, 0.1) is 0 Å². The molecule has 0 aliphatic carbocycles. The number of aromatic nitrogens is 3. The lowest BCUT2D eigenvalue weighted by molar-refractivity contribution is 0.477. The zero-order valence-electron chi connectivity index (χ0n) is 23.5. The van der Waals surface area contributed by atoms with Crippen molar-refractivity contribution in [1.29, 1.82) is 0 Å². The van der Waals surface area contributed by atoms with Crippen molar-refractivity contribution in [3.05, 3.63) is 109 Å². The molecule has 3 heterocycles. The Morgan fingerprint density at radius 3 is 2.07 bits per heavy atom. The number of aromatic hydroxyl groups is 1. The van der Waals surface area contributed by atoms with Crippen molar-refractivity contribution >= 4 is 27.0 Å². The van der Waals surface area contributed by atoms with Crippen LogP contribution in [-0.2, 0) is 0 Å². The van der Waals surface area contributed by atoms with Crippen molar-refractivity contribution in [2.45, 2.75) is 0 Å². The average molecular weight is 576 g/mol. The van der Waals surface area contributed by atoms with Gasteiger partial charge in [-0.05, 0) is 76.7 Å². The van der Waals surface area contributed by atoms with Gasteiger partial charge >= 0.3 is 0 Å². The zero-order valence-corrected chi connectivity index (χ0v) is 25.3. The molecular formula is C34H31N3O2P2. The highest BCUT2D eigenvalue weighted by Gasteiger charge is 2.19. The summed E-state index contributed by atoms with van der Waals surface area (Å²) in [6, 6.07) is 34.2. The number of phenolic OH excluding ortho intramolecular Hbond substituents is 1. The number of hydrogen-bond donors (Lipinski definition) is 1. The summed E-state index contributed by atoms with van der Waals surface area (Å²) in [6.07, 6.45) is 2.28. The lowest BCUT2D eigenvalue weighted by Gasteiger charge is -2.15. The van der Waals surface area contributed by atoms with Gasteiger partial charge in [-0.3, -0.25) is 0 Å². The Labute approximate surface area is 243 Å². The van der Waals surface area contributed by atoms with E-state index >= 15 is 0 Å². The molecule has 6 rings (SSSR count). The van der Waals surface area contributed by atoms with Crippen LogP contribution < -0.4 is 4.52 Å². The molecule has 7 heteroatoms. The molecule has 0 radical (unpaired) electrons. The summed E-state index contributed by atoms with van der Waals surface area (Å²) >= 11 is 0. The molecule has 0 saturated carbocycles. The zero-order chi connectivity index (χ0) is 28.5. The smallest absolute Gasteiger partial charge is 0.151 e. The third-order valence-electron chi connectivity index (χ3n) is 6.91. The van der Waals surface area contributed by atoms with E-state index in [1.807, 2.05) is 36.4 Å². The fourth-order valence-corrected chi connectivity index (χ4v) is 6.61. The fraction of sp³-hybridized carbons (Fsp3) is 0.118. The van der Waals surface area contributed by atoms with E-state index in [1.54, 1.807) is 12.1 Å². The minimum absolute atomic E-state index is 0.187. The molecule has 0 saturated heterocycles. The summed E-state index contributed by atoms with van der Waals surface area (Å²) in [5.41, 5.74) is 7.11. The molecule has 3 aromatic carbocycles. The predicted molar refractivity (Wildman–Crippen MR) is 174 cm³/mol. The van der Waals surface area contributed by atoms with Gasteiger partial charge in [0.15, 0.2) is 5.75 Å². The Hall–Kier alpha value is -4.04. The van der Waals surface area contributed by atoms with Crippen LogP contribution in [-0.4, -0.2) is 46.1 Å². The molecule has 41 heavy (non-hydrogen) atoms. The summed E-state index contributed by atoms with van der Waals surface area (Å²) in [5.74, 6) is 0.870. The van der Waals surface area contributed by atoms with Gasteiger partial charge in [-0.1, -0.05) is 66.7 Å². The summed E-state index contributed by atoms with van der Waals surface area (Å²) < 4.78 is 8.64. The van der Waals surface area contributed by atoms with E-state index in [-0.39, 0.29) is 5.75 Å². The Balaban J connectivity index is 1.52. The van der Waals surface area contributed by atoms with Crippen LogP contribution in [0.15, 0.2) is 109 Å². The number of fused-ring (bicyclic) bond motifs is 1. The van der Waals surface area contributed by atoms with E-state index in [4.69, 9.17) is 14.5 Å². The molecule has 0 bridgehead atoms. The summed E-state index contributed by atoms with van der Waals surface area (Å²) in [6.45, 7) is 8.68. The summed E-state index contributed by atoms with van der Waals surface area (Å²) in [4.78, 5) is 10.1. The van der Waals surface area contributed by atoms with Gasteiger partial charge in [-0.2, -0.15) is 0 Å². The molecule has 0 unspecified atom stereocenters. The van der Waals surface area contributed by atoms with Gasteiger partial charge in [0.2, 0.25) is 0 Å². The van der Waals surface area contributed by atoms with Gasteiger partial charge in [-0.15, -0.1) is 0 Å². The van der Waals surface area contributed by atoms with E-state index in [0.29, 0.717) is 22.7 Å². The normalized spacial score (nSPS) is 11.5. The van der Waals surface area contributed by atoms with Gasteiger partial charge in [0.25, 0.3) is 0 Å². The second-order valence-electron chi connectivity index (χ2n) is 10.2. The van der Waals surface area contributed by atoms with Crippen molar-refractivity contribution in [2.24, 2.45) is 0 Å². The number of phenols is 1. The first-order valence-corrected chi connectivity index (χ1v) is 17.7. The molecule has 0 fully saturated rings. The molecule has 0 aliphatic heterocycles. The lowest BCUT2D eigenvalue weighted by atomic mass is 10.0. The van der Waals surface area contributed by atoms with Crippen LogP contribution in [0.1, 0.15) is 0 Å². The maximum Gasteiger partial charge on any atom is 0.151 e. The van der Waals surface area contributed by atoms with E-state index in [2.05, 4.69) is 91.8 Å². The van der Waals surface area contributed by atoms with E-state index in [0.717, 1.165) is 17.0 Å². The standard InChI is InChI=1S/C34H31N3O2P2/c1-40(2)37-22-27-24(15-10-16-25(27)34(37)23-12-6-5-7-13-23)28-17-11-18-30(35-28)33-32(39-41(3)4)21-20-29(36-33)26-14-8-9-19-31(26)38/h5-22,38H,1-4H3. The molecular weight excluding hydrogens is 544 g/mol. The van der Waals surface area contributed by atoms with Crippen LogP contribution in [0.25, 0.3) is 55.9 Å². The molecule has 3 aromatic heterocycles. The Morgan fingerprint density at radius 1 is 0.634 bits per heavy atom. The Kier molecular flexibility index (Phi) is 7.58. The number of rotatable bonds is 7. The van der Waals surface area contributed by atoms with Crippen LogP contribution >= 0.6 is 16.2 Å². The SMILES string of the molecule is CP(C)Oc1ccc(-c2ccccc2O)nc1-c1cccc(-c2cccc3c(-c4ccccc4)n(P(C)C)cc23)n1. The van der Waals surface area contributed by atoms with Gasteiger partial charge < -0.3 is 14.0 Å². The number of pyridine rings is 2. The molecule has 0 aliphatic rings. The first-order valence-electron chi connectivity index (χ1n) is 13.4. The number of hydrogen-bond acceptors (Lipinski definition) is 4. The lowest BCUT2D eigenvalue weighted by Crippen LogP contribution is -1.97. The van der Waals surface area contributed by atoms with Crippen LogP contribution in [0.4, 0.5) is 0 Å². The van der Waals surface area contributed by atoms with Crippen LogP contribution in [0.2, 0.25) is 0 Å². The highest BCUT2D eigenvalue weighted by Crippen LogP contribution is 2.44. The van der Waals surface area contributed by atoms with Gasteiger partial charge in [0.05, 0.1) is 30.9 Å². The van der Waals surface area contributed by atoms with Crippen molar-refractivity contribution in [3.8, 4) is 56.7 Å². The van der Waals surface area contributed by atoms with Crippen LogP contribution in [0.5, 0.6) is 11.5 Å². The van der Waals surface area contributed by atoms with Crippen LogP contribution in [0.3, 0.4) is 0 Å². The summed E-state index contributed by atoms with van der Waals surface area (Å²) in [5, 5.41) is 12.9. The Bertz CT molecular complexity index is 1850. The monoisotopic (exact) mass is 575 g/mol. The number of nitrogens with zero attached hydrogens (tertiary/aromatic N) is 3. The highest BCUT2D eigenvalue weighted by molar-refractivity contribution is 7.54. The second kappa shape index (κ2) is 11.4. The first kappa shape index (κ1) is 27.1. The first-order chi connectivity index (χ1) is 19.9. The van der Waals surface area contributed by atoms with E-state index in [9.17, 15) is 5.11 Å². The maximum atomic E-state index is 10.5. The molecule has 0 atom stereocenters. The average Bonchev–Trinajstić information content (AvgIpc) is 3.38. The minimum Gasteiger partial charge on any atom is -0.507 e. The topological polar surface area (TPSA) is 60.2 Å². The van der Waals surface area contributed by atoms with Crippen molar-refractivity contribution in [3.63, 3.8) is 0 Å². The quantitative estimate of drug-likeness (QED) is 0.193. The molecule has 0 amide bonds. The largest absolute Gasteiger partial charge is 0.507 e. The molecule has 5 nitrogen and oxygen atoms in total. The molecule has 204 valence electrons. The van der Waals surface area contributed by atoms with E-state index in [1.165, 1.54) is 22.0 Å². The number of benzene rings is 3. The van der Waals surface area contributed by atoms with Gasteiger partial charge in [0.1, 0.15) is 11.4 Å².